The van der Waals surface area contributed by atoms with Gasteiger partial charge in [0.15, 0.2) is 46.5 Å². The van der Waals surface area contributed by atoms with Crippen molar-refractivity contribution in [3.8, 4) is 69.0 Å². The number of halogens is 15. The molecule has 12 aromatic rings. The first kappa shape index (κ1) is 102. The summed E-state index contributed by atoms with van der Waals surface area (Å²) >= 11 is 44.9. The van der Waals surface area contributed by atoms with Gasteiger partial charge in [0.05, 0.1) is 132 Å². The summed E-state index contributed by atoms with van der Waals surface area (Å²) in [7, 11) is 0. The third-order valence-corrected chi connectivity index (χ3v) is 26.5. The number of pyridine rings is 9. The van der Waals surface area contributed by atoms with Crippen molar-refractivity contribution in [2.45, 2.75) is 119 Å². The summed E-state index contributed by atoms with van der Waals surface area (Å²) in [5, 5.41) is 28.7. The van der Waals surface area contributed by atoms with E-state index in [1.54, 1.807) is 82.1 Å². The third-order valence-electron chi connectivity index (χ3n) is 24.1. The van der Waals surface area contributed by atoms with Crippen LogP contribution < -0.4 is 48.6 Å². The summed E-state index contributed by atoms with van der Waals surface area (Å²) in [5.41, 5.74) is 14.0. The number of amides is 3. The fourth-order valence-corrected chi connectivity index (χ4v) is 19.2. The lowest BCUT2D eigenvalue weighted by Gasteiger charge is -2.41. The van der Waals surface area contributed by atoms with Gasteiger partial charge in [-0.25, -0.2) is 50.1 Å². The van der Waals surface area contributed by atoms with E-state index < -0.39 is 128 Å². The Bertz CT molecular complexity index is 6790. The van der Waals surface area contributed by atoms with Crippen molar-refractivity contribution in [2.24, 2.45) is 0 Å². The van der Waals surface area contributed by atoms with Gasteiger partial charge in [0.1, 0.15) is 56.9 Å². The lowest BCUT2D eigenvalue weighted by atomic mass is 10.0. The average Bonchev–Trinajstić information content (AvgIpc) is 0.726. The van der Waals surface area contributed by atoms with Crippen LogP contribution >= 0.6 is 81.2 Å². The predicted molar refractivity (Wildman–Crippen MR) is 521 cm³/mol. The molecule has 15 rings (SSSR count). The van der Waals surface area contributed by atoms with E-state index in [4.69, 9.17) is 103 Å². The highest BCUT2D eigenvalue weighted by Crippen LogP contribution is 2.49. The summed E-state index contributed by atoms with van der Waals surface area (Å²) < 4.78 is 122. The van der Waals surface area contributed by atoms with Gasteiger partial charge in [0, 0.05) is 112 Å². The van der Waals surface area contributed by atoms with Gasteiger partial charge in [-0.15, -0.1) is 0 Å². The summed E-state index contributed by atoms with van der Waals surface area (Å²) in [4.78, 5) is 118. The number of nitrogens with zero attached hydrogens (tertiary/aromatic N) is 18. The zero-order valence-electron chi connectivity index (χ0n) is 75.8. The highest BCUT2D eigenvalue weighted by Gasteiger charge is 2.40. The third kappa shape index (κ3) is 17.7. The average molecular weight is 2030 g/mol. The van der Waals surface area contributed by atoms with E-state index in [1.807, 2.05) is 79.4 Å². The molecule has 0 unspecified atom stereocenters. The largest absolute Gasteiger partial charge is 0.395 e. The Balaban J connectivity index is 0.000000175. The molecule has 42 heteroatoms. The Morgan fingerprint density at radius 3 is 0.891 bits per heavy atom. The first-order valence-corrected chi connectivity index (χ1v) is 45.2. The molecule has 3 atom stereocenters. The van der Waals surface area contributed by atoms with Crippen molar-refractivity contribution in [3.05, 3.63) is 256 Å². The maximum absolute atomic E-state index is 15.6. The van der Waals surface area contributed by atoms with Gasteiger partial charge < -0.3 is 46.6 Å². The molecule has 714 valence electrons. The molecule has 138 heavy (non-hydrogen) atoms. The number of hydrogen-bond donors (Lipinski definition) is 3. The molecule has 9 aromatic heterocycles. The molecule has 3 saturated heterocycles. The minimum atomic E-state index is -1.88. The van der Waals surface area contributed by atoms with E-state index in [-0.39, 0.29) is 200 Å². The quantitative estimate of drug-likeness (QED) is 0.0282. The minimum Gasteiger partial charge on any atom is -0.395 e. The Hall–Kier alpha value is -13.4. The number of carbonyl (C=O) groups is 3. The molecular weight excluding hydrogens is 1940 g/mol. The van der Waals surface area contributed by atoms with Gasteiger partial charge in [-0.1, -0.05) is 142 Å². The van der Waals surface area contributed by atoms with Crippen molar-refractivity contribution in [2.75, 3.05) is 90.8 Å². The Kier molecular flexibility index (Phi) is 29.8. The summed E-state index contributed by atoms with van der Waals surface area (Å²) in [6.45, 7) is 35.0. The molecule has 3 fully saturated rings. The van der Waals surface area contributed by atoms with Crippen LogP contribution in [-0.4, -0.2) is 153 Å². The number of carbonyl (C=O) groups excluding carboxylic acids is 3. The highest BCUT2D eigenvalue weighted by molar-refractivity contribution is 6.41. The van der Waals surface area contributed by atoms with Gasteiger partial charge in [0.25, 0.3) is 16.7 Å². The van der Waals surface area contributed by atoms with Crippen molar-refractivity contribution in [1.29, 1.82) is 15.8 Å². The van der Waals surface area contributed by atoms with E-state index in [1.165, 1.54) is 50.1 Å². The molecule has 3 aliphatic heterocycles. The first-order chi connectivity index (χ1) is 65.2. The van der Waals surface area contributed by atoms with E-state index in [0.29, 0.717) is 50.8 Å². The van der Waals surface area contributed by atoms with Crippen molar-refractivity contribution >= 4 is 166 Å². The topological polar surface area (TPSA) is 363 Å². The van der Waals surface area contributed by atoms with Gasteiger partial charge in [-0.3, -0.25) is 57.4 Å². The number of nitrogen functional groups attached to an aromatic ring is 3. The summed E-state index contributed by atoms with van der Waals surface area (Å²) in [6, 6.07) is 14.4. The number of aryl methyl sites for hydroxylation is 3. The molecule has 3 aliphatic rings. The number of aromatic nitrogens is 9. The first-order valence-electron chi connectivity index (χ1n) is 42.6. The maximum Gasteiger partial charge on any atom is 0.276 e. The Morgan fingerprint density at radius 1 is 0.399 bits per heavy atom. The number of rotatable bonds is 15. The SMILES string of the molecule is C=CC(=O)N1CCN(c2c(C#N)c(=O)n(-c3c(C)ccnc3C(C)C)c3nc(-c4c(F)c(Cl)c(F)c(N)c4Cl)c(Cl)cc23)C[C@H]1C.C=CC(=O)N1CCN(c2c(C#N)c(=O)n(-c3c(C)ccnc3C(C)C)c3nc(-c4c(F)c(F)c(F)c(N)c4Cl)c(Cl)cc23)C[C@H]1C.C=CC(=O)N1CCN(c2c(C#N)c(=O)n(-c3c(C)ccnc3C(C)C)c3nc(-c4c(F)c(F)c(F)c(N)c4Cl)c(Cl)cc23)C[C@H]1C. The molecule has 27 nitrogen and oxygen atoms in total. The van der Waals surface area contributed by atoms with Crippen LogP contribution in [0.3, 0.4) is 0 Å². The molecule has 12 heterocycles. The zero-order valence-corrected chi connectivity index (χ0v) is 81.1. The monoisotopic (exact) mass is 2020 g/mol. The fraction of sp³-hybridized carbons (Fsp3) is 0.281. The van der Waals surface area contributed by atoms with Crippen LogP contribution in [0.2, 0.25) is 35.2 Å². The Labute approximate surface area is 819 Å². The second-order valence-corrected chi connectivity index (χ2v) is 36.5. The molecule has 6 N–H and O–H groups in total. The predicted octanol–water partition coefficient (Wildman–Crippen LogP) is 19.4. The van der Waals surface area contributed by atoms with Crippen LogP contribution in [-0.2, 0) is 14.4 Å². The van der Waals surface area contributed by atoms with Crippen LogP contribution in [0.1, 0.15) is 131 Å². The molecular formula is C96H84Cl7F8N21O6. The van der Waals surface area contributed by atoms with Crippen LogP contribution in [0.25, 0.3) is 83.9 Å². The lowest BCUT2D eigenvalue weighted by Crippen LogP contribution is -2.54. The molecule has 0 spiro atoms. The van der Waals surface area contributed by atoms with Gasteiger partial charge in [-0.2, -0.15) is 15.8 Å². The number of hydrogen-bond acceptors (Lipinski definition) is 21. The van der Waals surface area contributed by atoms with E-state index in [0.717, 1.165) is 0 Å². The minimum absolute atomic E-state index is 0.00290. The van der Waals surface area contributed by atoms with E-state index in [9.17, 15) is 66.5 Å². The Morgan fingerprint density at radius 2 is 0.652 bits per heavy atom. The molecule has 0 aliphatic carbocycles. The van der Waals surface area contributed by atoms with Crippen molar-refractivity contribution < 1.29 is 49.5 Å². The van der Waals surface area contributed by atoms with Crippen LogP contribution in [0.5, 0.6) is 0 Å². The summed E-state index contributed by atoms with van der Waals surface area (Å²) in [5.74, 6) is -14.2. The van der Waals surface area contributed by atoms with E-state index in [2.05, 4.69) is 50.7 Å². The second kappa shape index (κ2) is 40.3. The number of benzene rings is 3. The van der Waals surface area contributed by atoms with Crippen LogP contribution in [0, 0.1) is 101 Å². The number of piperazine rings is 3. The smallest absolute Gasteiger partial charge is 0.276 e. The van der Waals surface area contributed by atoms with Crippen molar-refractivity contribution in [3.63, 3.8) is 0 Å². The molecule has 0 saturated carbocycles. The zero-order chi connectivity index (χ0) is 101. The molecule has 3 amide bonds. The number of anilines is 6. The maximum atomic E-state index is 15.6. The van der Waals surface area contributed by atoms with Gasteiger partial charge in [0.2, 0.25) is 17.7 Å². The standard InChI is InChI=1S/C32H28Cl3F2N7O2.2C32H28Cl2F3N7O2/c1-6-20(45)43-10-9-42(13-16(43)5)30-17-11-19(33)28(21-22(34)26(39)25(37)23(35)24(21)36)41-31(17)44(32(46)18(30)12-38)29-15(4)7-8-40-27(29)14(2)3;2*1-6-20(45)43-10-9-42(13-16(43)5)30-17-11-19(33)28(21-22(34)26(39)25(37)24(36)23(21)35)41-31(17)44(32(46)18(30)12-38)29-15(4)7-8-40-27(29)14(2)3/h3*6-8,11,14,16H,1,9-10,13,39H2,2-5H3/t3*16-/m111/s1. The number of nitriles is 3. The number of fused-ring (bicyclic) bond motifs is 3. The second-order valence-electron chi connectivity index (χ2n) is 33.8. The normalized spacial score (nSPS) is 15.0. The lowest BCUT2D eigenvalue weighted by molar-refractivity contribution is -0.129. The van der Waals surface area contributed by atoms with E-state index >= 15 is 13.2 Å². The molecule has 3 aromatic carbocycles. The van der Waals surface area contributed by atoms with Crippen LogP contribution in [0.15, 0.2) is 107 Å². The fourth-order valence-electron chi connectivity index (χ4n) is 17.5. The highest BCUT2D eigenvalue weighted by atomic mass is 35.5. The molecule has 0 radical (unpaired) electrons. The molecule has 0 bridgehead atoms. The van der Waals surface area contributed by atoms with Gasteiger partial charge in [-0.05, 0) is 131 Å². The van der Waals surface area contributed by atoms with Gasteiger partial charge >= 0.3 is 0 Å². The summed E-state index contributed by atoms with van der Waals surface area (Å²) in [6.07, 6.45) is 8.44. The number of nitrogens with two attached hydrogens (primary N) is 3. The van der Waals surface area contributed by atoms with Crippen LogP contribution in [0.4, 0.5) is 69.2 Å². The van der Waals surface area contributed by atoms with Crippen molar-refractivity contribution in [1.82, 2.24) is 58.3 Å².